The monoisotopic (exact) mass is 1380 g/mol. The molecule has 3 aliphatic rings. The van der Waals surface area contributed by atoms with Gasteiger partial charge in [0.1, 0.15) is 73.2 Å². The second kappa shape index (κ2) is 58.9. The zero-order chi connectivity index (χ0) is 70.4. The van der Waals surface area contributed by atoms with Crippen molar-refractivity contribution in [3.8, 4) is 0 Å². The largest absolute Gasteiger partial charge is 0.394 e. The molecule has 97 heavy (non-hydrogen) atoms. The maximum Gasteiger partial charge on any atom is 0.220 e. The summed E-state index contributed by atoms with van der Waals surface area (Å²) in [6.45, 7) is 1.73. The van der Waals surface area contributed by atoms with Gasteiger partial charge in [-0.1, -0.05) is 274 Å². The van der Waals surface area contributed by atoms with Crippen molar-refractivity contribution in [1.29, 1.82) is 0 Å². The van der Waals surface area contributed by atoms with Crippen LogP contribution in [0.15, 0.2) is 60.8 Å². The van der Waals surface area contributed by atoms with Gasteiger partial charge >= 0.3 is 0 Å². The molecule has 17 unspecified atom stereocenters. The number of amides is 1. The second-order valence-corrected chi connectivity index (χ2v) is 27.8. The van der Waals surface area contributed by atoms with E-state index in [4.69, 9.17) is 28.4 Å². The van der Waals surface area contributed by atoms with E-state index in [0.29, 0.717) is 12.8 Å². The Hall–Kier alpha value is -2.51. The summed E-state index contributed by atoms with van der Waals surface area (Å²) >= 11 is 0. The summed E-state index contributed by atoms with van der Waals surface area (Å²) in [6, 6.07) is -1.00. The van der Waals surface area contributed by atoms with Crippen molar-refractivity contribution in [2.45, 2.75) is 401 Å². The summed E-state index contributed by atoms with van der Waals surface area (Å²) in [5.74, 6) is -0.289. The van der Waals surface area contributed by atoms with Crippen LogP contribution in [0.5, 0.6) is 0 Å². The van der Waals surface area contributed by atoms with E-state index in [2.05, 4.69) is 67.8 Å². The Balaban J connectivity index is 1.42. The van der Waals surface area contributed by atoms with Gasteiger partial charge in [-0.15, -0.1) is 0 Å². The molecular weight excluding hydrogens is 1240 g/mol. The predicted molar refractivity (Wildman–Crippen MR) is 383 cm³/mol. The fourth-order valence-corrected chi connectivity index (χ4v) is 13.0. The first-order chi connectivity index (χ1) is 47.3. The molecule has 19 nitrogen and oxygen atoms in total. The van der Waals surface area contributed by atoms with Crippen molar-refractivity contribution in [2.24, 2.45) is 0 Å². The first kappa shape index (κ1) is 88.7. The van der Waals surface area contributed by atoms with Crippen LogP contribution in [-0.4, -0.2) is 193 Å². The van der Waals surface area contributed by atoms with E-state index >= 15 is 0 Å². The standard InChI is InChI=1S/C78H141NO18/c1-3-5-7-9-11-13-15-17-19-21-23-25-27-29-30-32-33-35-37-39-41-43-45-47-49-51-53-55-62(83)61(79-66(84)56-54-52-50-48-46-44-42-40-38-36-34-31-28-26-24-22-20-18-16-14-12-10-8-6-4-2)60-92-76-72(90)69(87)74(64(58-81)94-76)97-78-73(91)70(88)75(65(59-82)95-78)96-77-71(89)68(86)67(85)63(57-80)93-77/h16,18,22,24,37,39,45,47,53,55,61-65,67-78,80-83,85-91H,3-15,17,19-21,23,25-36,38,40-44,46,48-52,54,56-60H2,1-2H3,(H,79,84)/b18-16-,24-22-,39-37+,47-45+,55-53+. The van der Waals surface area contributed by atoms with Gasteiger partial charge in [0.15, 0.2) is 18.9 Å². The number of unbranched alkanes of at least 4 members (excludes halogenated alkanes) is 37. The molecule has 0 aromatic rings. The molecule has 1 amide bonds. The number of rotatable bonds is 61. The Morgan fingerprint density at radius 2 is 0.691 bits per heavy atom. The summed E-state index contributed by atoms with van der Waals surface area (Å²) in [4.78, 5) is 13.5. The fourth-order valence-electron chi connectivity index (χ4n) is 13.0. The van der Waals surface area contributed by atoms with E-state index in [1.807, 2.05) is 6.08 Å². The Morgan fingerprint density at radius 3 is 1.09 bits per heavy atom. The highest BCUT2D eigenvalue weighted by molar-refractivity contribution is 5.76. The van der Waals surface area contributed by atoms with Crippen LogP contribution in [0.1, 0.15) is 296 Å². The highest BCUT2D eigenvalue weighted by Crippen LogP contribution is 2.33. The first-order valence-corrected chi connectivity index (χ1v) is 39.0. The molecule has 0 bridgehead atoms. The molecule has 0 aromatic heterocycles. The molecule has 0 aromatic carbocycles. The lowest BCUT2D eigenvalue weighted by Crippen LogP contribution is -2.66. The van der Waals surface area contributed by atoms with Gasteiger partial charge in [-0.3, -0.25) is 4.79 Å². The average molecular weight is 1380 g/mol. The molecule has 3 aliphatic heterocycles. The van der Waals surface area contributed by atoms with Gasteiger partial charge in [0.25, 0.3) is 0 Å². The minimum absolute atomic E-state index is 0.230. The fraction of sp³-hybridized carbons (Fsp3) is 0.859. The van der Waals surface area contributed by atoms with Crippen molar-refractivity contribution in [3.63, 3.8) is 0 Å². The highest BCUT2D eigenvalue weighted by Gasteiger charge is 2.53. The molecular formula is C78H141NO18. The van der Waals surface area contributed by atoms with Crippen molar-refractivity contribution >= 4 is 5.91 Å². The molecule has 17 atom stereocenters. The number of carbonyl (C=O) groups is 1. The van der Waals surface area contributed by atoms with Crippen LogP contribution in [0.3, 0.4) is 0 Å². The van der Waals surface area contributed by atoms with Crippen molar-refractivity contribution < 1.29 is 89.4 Å². The second-order valence-electron chi connectivity index (χ2n) is 27.8. The number of hydrogen-bond acceptors (Lipinski definition) is 18. The van der Waals surface area contributed by atoms with Crippen molar-refractivity contribution in [1.82, 2.24) is 5.32 Å². The molecule has 566 valence electrons. The lowest BCUT2D eigenvalue weighted by Gasteiger charge is -2.48. The van der Waals surface area contributed by atoms with E-state index in [0.717, 1.165) is 51.4 Å². The third kappa shape index (κ3) is 39.6. The van der Waals surface area contributed by atoms with Gasteiger partial charge in [0, 0.05) is 6.42 Å². The molecule has 0 spiro atoms. The number of nitrogens with one attached hydrogen (secondary N) is 1. The molecule has 3 rings (SSSR count). The molecule has 0 radical (unpaired) electrons. The minimum Gasteiger partial charge on any atom is -0.394 e. The molecule has 3 saturated heterocycles. The van der Waals surface area contributed by atoms with E-state index in [1.165, 1.54) is 212 Å². The number of hydrogen-bond donors (Lipinski definition) is 12. The number of ether oxygens (including phenoxy) is 6. The Morgan fingerprint density at radius 1 is 0.371 bits per heavy atom. The zero-order valence-corrected chi connectivity index (χ0v) is 60.3. The predicted octanol–water partition coefficient (Wildman–Crippen LogP) is 12.3. The summed E-state index contributed by atoms with van der Waals surface area (Å²) in [5, 5.41) is 121. The molecule has 19 heteroatoms. The van der Waals surface area contributed by atoms with Gasteiger partial charge in [0.05, 0.1) is 38.6 Å². The van der Waals surface area contributed by atoms with Crippen LogP contribution in [0.25, 0.3) is 0 Å². The lowest BCUT2D eigenvalue weighted by atomic mass is 9.96. The van der Waals surface area contributed by atoms with Gasteiger partial charge in [-0.2, -0.15) is 0 Å². The SMILES string of the molecule is CCCCCCC/C=C\C/C=C\CCCCCCCCCCCCCCCC(=O)NC(COC1OC(CO)C(OC2OC(CO)C(OC3OC(CO)C(O)C(O)C3O)C(O)C2O)C(O)C1O)C(O)/C=C/CC/C=C/CC/C=C/CCCCCCCCCCCCCCCCCCC. The third-order valence-electron chi connectivity index (χ3n) is 19.3. The molecule has 3 heterocycles. The van der Waals surface area contributed by atoms with Gasteiger partial charge in [-0.25, -0.2) is 0 Å². The Bertz CT molecular complexity index is 1990. The summed E-state index contributed by atoms with van der Waals surface area (Å²) in [5.41, 5.74) is 0. The Kier molecular flexibility index (Phi) is 53.9. The molecule has 0 aliphatic carbocycles. The van der Waals surface area contributed by atoms with E-state index in [1.54, 1.807) is 6.08 Å². The van der Waals surface area contributed by atoms with Crippen molar-refractivity contribution in [2.75, 3.05) is 26.4 Å². The maximum absolute atomic E-state index is 13.5. The highest BCUT2D eigenvalue weighted by atomic mass is 16.8. The molecule has 3 fully saturated rings. The van der Waals surface area contributed by atoms with Crippen LogP contribution in [0, 0.1) is 0 Å². The first-order valence-electron chi connectivity index (χ1n) is 39.0. The van der Waals surface area contributed by atoms with E-state index in [9.17, 15) is 61.0 Å². The van der Waals surface area contributed by atoms with Crippen LogP contribution in [0.4, 0.5) is 0 Å². The normalized spacial score (nSPS) is 27.2. The van der Waals surface area contributed by atoms with Crippen LogP contribution >= 0.6 is 0 Å². The number of carbonyl (C=O) groups excluding carboxylic acids is 1. The number of allylic oxidation sites excluding steroid dienone is 9. The average Bonchev–Trinajstić information content (AvgIpc) is 0.797. The molecule has 0 saturated carbocycles. The maximum atomic E-state index is 13.5. The summed E-state index contributed by atoms with van der Waals surface area (Å²) in [6.07, 6.45) is 47.7. The van der Waals surface area contributed by atoms with E-state index < -0.39 is 124 Å². The van der Waals surface area contributed by atoms with Gasteiger partial charge in [-0.05, 0) is 77.0 Å². The summed E-state index contributed by atoms with van der Waals surface area (Å²) in [7, 11) is 0. The van der Waals surface area contributed by atoms with Crippen LogP contribution < -0.4 is 5.32 Å². The number of aliphatic hydroxyl groups is 11. The Labute approximate surface area is 586 Å². The van der Waals surface area contributed by atoms with Crippen LogP contribution in [0.2, 0.25) is 0 Å². The summed E-state index contributed by atoms with van der Waals surface area (Å²) < 4.78 is 34.4. The quantitative estimate of drug-likeness (QED) is 0.0199. The van der Waals surface area contributed by atoms with Crippen molar-refractivity contribution in [3.05, 3.63) is 60.8 Å². The van der Waals surface area contributed by atoms with Gasteiger partial charge < -0.3 is 89.9 Å². The zero-order valence-electron chi connectivity index (χ0n) is 60.3. The smallest absolute Gasteiger partial charge is 0.220 e. The lowest BCUT2D eigenvalue weighted by molar-refractivity contribution is -0.379. The minimum atomic E-state index is -1.98. The van der Waals surface area contributed by atoms with Gasteiger partial charge in [0.2, 0.25) is 5.91 Å². The van der Waals surface area contributed by atoms with E-state index in [-0.39, 0.29) is 18.9 Å². The molecule has 12 N–H and O–H groups in total. The topological polar surface area (TPSA) is 307 Å². The number of aliphatic hydroxyl groups excluding tert-OH is 11. The third-order valence-corrected chi connectivity index (χ3v) is 19.3. The van der Waals surface area contributed by atoms with Crippen LogP contribution in [-0.2, 0) is 33.2 Å².